The highest BCUT2D eigenvalue weighted by Crippen LogP contribution is 2.34. The molecular weight excluding hydrogens is 392 g/mol. The lowest BCUT2D eigenvalue weighted by Crippen LogP contribution is -2.46. The van der Waals surface area contributed by atoms with Crippen LogP contribution >= 0.6 is 11.6 Å². The van der Waals surface area contributed by atoms with Crippen LogP contribution in [0.4, 0.5) is 0 Å². The fourth-order valence-electron chi connectivity index (χ4n) is 4.27. The number of rotatable bonds is 5. The number of imide groups is 1. The minimum Gasteiger partial charge on any atom is -0.481 e. The van der Waals surface area contributed by atoms with Crippen molar-refractivity contribution in [2.45, 2.75) is 12.3 Å². The van der Waals surface area contributed by atoms with Crippen LogP contribution in [-0.2, 0) is 4.79 Å². The maximum atomic E-state index is 12.5. The van der Waals surface area contributed by atoms with Gasteiger partial charge >= 0.3 is 5.97 Å². The fraction of sp³-hybridized carbons (Fsp3) is 0.318. The highest BCUT2D eigenvalue weighted by Gasteiger charge is 2.38. The standard InChI is InChI=1S/C22H21ClN2O4/c23-15-7-5-14(6-8-15)16-9-10-24(13-19(16)22(28)29)11-12-25-20(26)17-3-1-2-4-18(17)21(25)27/h1-8,16,19H,9-13H2,(H,28,29). The number of carboxylic acids is 1. The lowest BCUT2D eigenvalue weighted by molar-refractivity contribution is -0.144. The molecule has 150 valence electrons. The number of benzene rings is 2. The van der Waals surface area contributed by atoms with E-state index in [0.29, 0.717) is 42.2 Å². The van der Waals surface area contributed by atoms with Gasteiger partial charge < -0.3 is 10.0 Å². The number of piperidine rings is 1. The second kappa shape index (κ2) is 7.97. The Bertz CT molecular complexity index is 925. The largest absolute Gasteiger partial charge is 0.481 e. The van der Waals surface area contributed by atoms with Crippen molar-refractivity contribution in [1.29, 1.82) is 0 Å². The molecule has 0 aliphatic carbocycles. The highest BCUT2D eigenvalue weighted by atomic mass is 35.5. The van der Waals surface area contributed by atoms with E-state index >= 15 is 0 Å². The summed E-state index contributed by atoms with van der Waals surface area (Å²) in [6, 6.07) is 14.1. The van der Waals surface area contributed by atoms with E-state index in [2.05, 4.69) is 0 Å². The van der Waals surface area contributed by atoms with E-state index in [1.54, 1.807) is 36.4 Å². The van der Waals surface area contributed by atoms with Crippen molar-refractivity contribution in [2.24, 2.45) is 5.92 Å². The first kappa shape index (κ1) is 19.6. The molecule has 0 saturated carbocycles. The Hall–Kier alpha value is -2.70. The molecule has 1 saturated heterocycles. The van der Waals surface area contributed by atoms with Crippen LogP contribution < -0.4 is 0 Å². The van der Waals surface area contributed by atoms with Crippen molar-refractivity contribution < 1.29 is 19.5 Å². The number of carbonyl (C=O) groups excluding carboxylic acids is 2. The zero-order chi connectivity index (χ0) is 20.5. The van der Waals surface area contributed by atoms with Crippen molar-refractivity contribution in [2.75, 3.05) is 26.2 Å². The molecule has 6 nitrogen and oxygen atoms in total. The van der Waals surface area contributed by atoms with E-state index < -0.39 is 11.9 Å². The summed E-state index contributed by atoms with van der Waals surface area (Å²) < 4.78 is 0. The van der Waals surface area contributed by atoms with Crippen LogP contribution in [0.3, 0.4) is 0 Å². The van der Waals surface area contributed by atoms with Gasteiger partial charge in [0.15, 0.2) is 0 Å². The van der Waals surface area contributed by atoms with E-state index in [-0.39, 0.29) is 24.3 Å². The Balaban J connectivity index is 1.41. The SMILES string of the molecule is O=C(O)C1CN(CCN2C(=O)c3ccccc3C2=O)CCC1c1ccc(Cl)cc1. The molecular formula is C22H21ClN2O4. The summed E-state index contributed by atoms with van der Waals surface area (Å²) in [5.41, 5.74) is 1.84. The van der Waals surface area contributed by atoms with Crippen LogP contribution in [0.5, 0.6) is 0 Å². The number of nitrogens with zero attached hydrogens (tertiary/aromatic N) is 2. The van der Waals surface area contributed by atoms with E-state index in [0.717, 1.165) is 5.56 Å². The average molecular weight is 413 g/mol. The topological polar surface area (TPSA) is 77.9 Å². The lowest BCUT2D eigenvalue weighted by atomic mass is 9.80. The van der Waals surface area contributed by atoms with E-state index in [4.69, 9.17) is 11.6 Å². The lowest BCUT2D eigenvalue weighted by Gasteiger charge is -2.37. The number of halogens is 1. The van der Waals surface area contributed by atoms with Crippen molar-refractivity contribution in [1.82, 2.24) is 9.80 Å². The molecule has 2 unspecified atom stereocenters. The Morgan fingerprint density at radius 3 is 2.21 bits per heavy atom. The number of carbonyl (C=O) groups is 3. The van der Waals surface area contributed by atoms with E-state index in [1.807, 2.05) is 17.0 Å². The van der Waals surface area contributed by atoms with Crippen molar-refractivity contribution >= 4 is 29.4 Å². The van der Waals surface area contributed by atoms with E-state index in [9.17, 15) is 19.5 Å². The summed E-state index contributed by atoms with van der Waals surface area (Å²) in [4.78, 5) is 40.2. The molecule has 2 aromatic carbocycles. The second-order valence-electron chi connectivity index (χ2n) is 7.50. The number of aliphatic carboxylic acids is 1. The third-order valence-corrected chi connectivity index (χ3v) is 6.08. The van der Waals surface area contributed by atoms with Gasteiger partial charge in [-0.15, -0.1) is 0 Å². The van der Waals surface area contributed by atoms with Crippen molar-refractivity contribution in [3.05, 3.63) is 70.2 Å². The van der Waals surface area contributed by atoms with Crippen LogP contribution in [0.15, 0.2) is 48.5 Å². The van der Waals surface area contributed by atoms with Crippen LogP contribution in [0.1, 0.15) is 38.6 Å². The molecule has 2 aliphatic heterocycles. The summed E-state index contributed by atoms with van der Waals surface area (Å²) in [6.07, 6.45) is 0.695. The number of fused-ring (bicyclic) bond motifs is 1. The molecule has 0 radical (unpaired) electrons. The maximum Gasteiger partial charge on any atom is 0.308 e. The highest BCUT2D eigenvalue weighted by molar-refractivity contribution is 6.30. The van der Waals surface area contributed by atoms with Gasteiger partial charge in [-0.05, 0) is 48.7 Å². The summed E-state index contributed by atoms with van der Waals surface area (Å²) in [7, 11) is 0. The Morgan fingerprint density at radius 2 is 1.62 bits per heavy atom. The van der Waals surface area contributed by atoms with Crippen molar-refractivity contribution in [3.8, 4) is 0 Å². The monoisotopic (exact) mass is 412 g/mol. The molecule has 2 aromatic rings. The summed E-state index contributed by atoms with van der Waals surface area (Å²) in [5, 5.41) is 10.4. The molecule has 2 amide bonds. The van der Waals surface area contributed by atoms with Gasteiger partial charge in [0.25, 0.3) is 11.8 Å². The van der Waals surface area contributed by atoms with Gasteiger partial charge in [-0.3, -0.25) is 19.3 Å². The summed E-state index contributed by atoms with van der Waals surface area (Å²) in [6.45, 7) is 1.80. The number of hydrogen-bond donors (Lipinski definition) is 1. The first-order chi connectivity index (χ1) is 14.0. The number of likely N-dealkylation sites (tertiary alicyclic amines) is 1. The molecule has 2 heterocycles. The molecule has 0 aromatic heterocycles. The van der Waals surface area contributed by atoms with Crippen LogP contribution in [-0.4, -0.2) is 58.9 Å². The quantitative estimate of drug-likeness (QED) is 0.763. The van der Waals surface area contributed by atoms with Gasteiger partial charge in [0.2, 0.25) is 0 Å². The molecule has 7 heteroatoms. The normalized spacial score (nSPS) is 22.0. The van der Waals surface area contributed by atoms with Crippen LogP contribution in [0.2, 0.25) is 5.02 Å². The molecule has 29 heavy (non-hydrogen) atoms. The van der Waals surface area contributed by atoms with Gasteiger partial charge in [0.05, 0.1) is 17.0 Å². The average Bonchev–Trinajstić information content (AvgIpc) is 2.97. The minimum absolute atomic E-state index is 0.0830. The molecule has 2 aliphatic rings. The number of amides is 2. The zero-order valence-electron chi connectivity index (χ0n) is 15.8. The zero-order valence-corrected chi connectivity index (χ0v) is 16.5. The number of hydrogen-bond acceptors (Lipinski definition) is 4. The summed E-state index contributed by atoms with van der Waals surface area (Å²) >= 11 is 5.95. The summed E-state index contributed by atoms with van der Waals surface area (Å²) in [5.74, 6) is -2.03. The van der Waals surface area contributed by atoms with Gasteiger partial charge in [-0.1, -0.05) is 35.9 Å². The van der Waals surface area contributed by atoms with Crippen LogP contribution in [0.25, 0.3) is 0 Å². The molecule has 2 atom stereocenters. The van der Waals surface area contributed by atoms with Crippen LogP contribution in [0, 0.1) is 5.92 Å². The van der Waals surface area contributed by atoms with E-state index in [1.165, 1.54) is 4.90 Å². The predicted molar refractivity (Wildman–Crippen MR) is 108 cm³/mol. The van der Waals surface area contributed by atoms with Gasteiger partial charge in [-0.2, -0.15) is 0 Å². The predicted octanol–water partition coefficient (Wildman–Crippen LogP) is 3.13. The Morgan fingerprint density at radius 1 is 1.00 bits per heavy atom. The molecule has 1 fully saturated rings. The first-order valence-corrected chi connectivity index (χ1v) is 9.99. The first-order valence-electron chi connectivity index (χ1n) is 9.61. The van der Waals surface area contributed by atoms with Gasteiger partial charge in [0, 0.05) is 24.7 Å². The minimum atomic E-state index is -0.838. The maximum absolute atomic E-state index is 12.5. The molecule has 0 bridgehead atoms. The Kier molecular flexibility index (Phi) is 5.39. The third kappa shape index (κ3) is 3.78. The van der Waals surface area contributed by atoms with Gasteiger partial charge in [-0.25, -0.2) is 0 Å². The van der Waals surface area contributed by atoms with Gasteiger partial charge in [0.1, 0.15) is 0 Å². The smallest absolute Gasteiger partial charge is 0.308 e. The van der Waals surface area contributed by atoms with Crippen molar-refractivity contribution in [3.63, 3.8) is 0 Å². The second-order valence-corrected chi connectivity index (χ2v) is 7.94. The Labute approximate surface area is 173 Å². The molecule has 0 spiro atoms. The molecule has 4 rings (SSSR count). The third-order valence-electron chi connectivity index (χ3n) is 5.83. The number of carboxylic acid groups (broad SMARTS) is 1. The fourth-order valence-corrected chi connectivity index (χ4v) is 4.39. The molecule has 1 N–H and O–H groups in total.